The highest BCUT2D eigenvalue weighted by Gasteiger charge is 2.42. The van der Waals surface area contributed by atoms with Crippen molar-refractivity contribution in [1.29, 1.82) is 0 Å². The molecule has 134 valence electrons. The van der Waals surface area contributed by atoms with E-state index < -0.39 is 7.92 Å². The molecule has 0 amide bonds. The van der Waals surface area contributed by atoms with Crippen molar-refractivity contribution in [2.45, 2.75) is 45.1 Å². The van der Waals surface area contributed by atoms with Gasteiger partial charge < -0.3 is 14.2 Å². The van der Waals surface area contributed by atoms with E-state index in [1.54, 1.807) is 14.2 Å². The Morgan fingerprint density at radius 1 is 1.00 bits per heavy atom. The van der Waals surface area contributed by atoms with Crippen LogP contribution in [0.25, 0.3) is 11.1 Å². The lowest BCUT2D eigenvalue weighted by Crippen LogP contribution is -2.24. The van der Waals surface area contributed by atoms with E-state index in [-0.39, 0.29) is 11.0 Å². The maximum absolute atomic E-state index is 6.35. The van der Waals surface area contributed by atoms with Crippen LogP contribution in [-0.4, -0.2) is 25.2 Å². The summed E-state index contributed by atoms with van der Waals surface area (Å²) in [4.78, 5) is 0. The molecule has 3 nitrogen and oxygen atoms in total. The fourth-order valence-corrected chi connectivity index (χ4v) is 6.78. The average molecular weight is 358 g/mol. The van der Waals surface area contributed by atoms with E-state index in [1.807, 2.05) is 18.2 Å². The third kappa shape index (κ3) is 3.11. The molecule has 3 rings (SSSR count). The predicted molar refractivity (Wildman–Crippen MR) is 106 cm³/mol. The smallest absolute Gasteiger partial charge is 0.130 e. The highest BCUT2D eigenvalue weighted by Crippen LogP contribution is 2.61. The number of rotatable bonds is 4. The van der Waals surface area contributed by atoms with E-state index in [9.17, 15) is 0 Å². The van der Waals surface area contributed by atoms with Gasteiger partial charge in [0, 0.05) is 10.9 Å². The molecule has 0 fully saturated rings. The molecule has 0 saturated carbocycles. The first-order chi connectivity index (χ1) is 11.9. The molecular formula is C21H27O3P. The SMILES string of the molecule is CC[C@@H]1Oc2cccc(-c3c(OC)cccc3OC)c2P1C(C)(C)C. The summed E-state index contributed by atoms with van der Waals surface area (Å²) < 4.78 is 17.7. The Balaban J connectivity index is 2.28. The normalized spacial score (nSPS) is 19.3. The first kappa shape index (κ1) is 18.1. The molecule has 2 aromatic carbocycles. The minimum atomic E-state index is -0.478. The van der Waals surface area contributed by atoms with Gasteiger partial charge in [0.05, 0.1) is 19.8 Å². The summed E-state index contributed by atoms with van der Waals surface area (Å²) in [5, 5.41) is 1.49. The van der Waals surface area contributed by atoms with Crippen LogP contribution in [0, 0.1) is 0 Å². The first-order valence-electron chi connectivity index (χ1n) is 8.72. The van der Waals surface area contributed by atoms with E-state index in [4.69, 9.17) is 14.2 Å². The van der Waals surface area contributed by atoms with Crippen LogP contribution in [0.1, 0.15) is 34.1 Å². The van der Waals surface area contributed by atoms with Crippen molar-refractivity contribution in [2.24, 2.45) is 0 Å². The van der Waals surface area contributed by atoms with E-state index in [0.29, 0.717) is 0 Å². The Morgan fingerprint density at radius 2 is 1.60 bits per heavy atom. The van der Waals surface area contributed by atoms with Gasteiger partial charge >= 0.3 is 0 Å². The van der Waals surface area contributed by atoms with Gasteiger partial charge in [-0.25, -0.2) is 0 Å². The van der Waals surface area contributed by atoms with Crippen LogP contribution in [0.15, 0.2) is 36.4 Å². The van der Waals surface area contributed by atoms with E-state index >= 15 is 0 Å². The lowest BCUT2D eigenvalue weighted by atomic mass is 10.0. The molecule has 1 unspecified atom stereocenters. The summed E-state index contributed by atoms with van der Waals surface area (Å²) in [5.74, 6) is 2.93. The molecule has 0 aromatic heterocycles. The first-order valence-corrected chi connectivity index (χ1v) is 10.1. The number of benzene rings is 2. The average Bonchev–Trinajstić information content (AvgIpc) is 3.00. The van der Waals surface area contributed by atoms with Gasteiger partial charge in [-0.2, -0.15) is 0 Å². The molecule has 0 aliphatic carbocycles. The standard InChI is InChI=1S/C21H27O3P/c1-7-18-24-17-13-8-10-14(20(17)25(18)21(2,3)4)19-15(22-5)11-9-12-16(19)23-6/h8-13,18H,7H2,1-6H3/t18-,25?/m1/s1. The zero-order chi connectivity index (χ0) is 18.2. The summed E-state index contributed by atoms with van der Waals surface area (Å²) >= 11 is 0. The van der Waals surface area contributed by atoms with Crippen LogP contribution in [0.5, 0.6) is 17.2 Å². The second-order valence-electron chi connectivity index (χ2n) is 7.21. The van der Waals surface area contributed by atoms with E-state index in [1.165, 1.54) is 10.9 Å². The van der Waals surface area contributed by atoms with Gasteiger partial charge in [-0.1, -0.05) is 45.9 Å². The van der Waals surface area contributed by atoms with Crippen molar-refractivity contribution in [2.75, 3.05) is 14.2 Å². The van der Waals surface area contributed by atoms with Gasteiger partial charge in [0.1, 0.15) is 23.1 Å². The van der Waals surface area contributed by atoms with Gasteiger partial charge in [0.15, 0.2) is 0 Å². The lowest BCUT2D eigenvalue weighted by molar-refractivity contribution is 0.288. The Kier molecular flexibility index (Phi) is 4.97. The van der Waals surface area contributed by atoms with Crippen molar-refractivity contribution >= 4 is 13.2 Å². The maximum Gasteiger partial charge on any atom is 0.130 e. The third-order valence-corrected chi connectivity index (χ3v) is 8.00. The topological polar surface area (TPSA) is 27.7 Å². The number of fused-ring (bicyclic) bond motifs is 1. The van der Waals surface area contributed by atoms with Crippen molar-refractivity contribution in [3.63, 3.8) is 0 Å². The highest BCUT2D eigenvalue weighted by molar-refractivity contribution is 7.68. The molecule has 1 aliphatic heterocycles. The van der Waals surface area contributed by atoms with Gasteiger partial charge in [-0.3, -0.25) is 0 Å². The summed E-state index contributed by atoms with van der Waals surface area (Å²) in [5.41, 5.74) is 2.19. The summed E-state index contributed by atoms with van der Waals surface area (Å²) in [6.07, 6.45) is 1.01. The molecule has 25 heavy (non-hydrogen) atoms. The molecule has 2 aromatic rings. The van der Waals surface area contributed by atoms with Crippen molar-refractivity contribution in [3.8, 4) is 28.4 Å². The van der Waals surface area contributed by atoms with Crippen LogP contribution >= 0.6 is 7.92 Å². The minimum Gasteiger partial charge on any atom is -0.496 e. The Morgan fingerprint density at radius 3 is 2.12 bits per heavy atom. The van der Waals surface area contributed by atoms with Gasteiger partial charge in [0.2, 0.25) is 0 Å². The predicted octanol–water partition coefficient (Wildman–Crippen LogP) is 5.41. The molecule has 0 N–H and O–H groups in total. The van der Waals surface area contributed by atoms with E-state index in [2.05, 4.69) is 45.9 Å². The molecule has 0 spiro atoms. The molecular weight excluding hydrogens is 331 g/mol. The highest BCUT2D eigenvalue weighted by atomic mass is 31.1. The zero-order valence-electron chi connectivity index (χ0n) is 15.9. The summed E-state index contributed by atoms with van der Waals surface area (Å²) in [6, 6.07) is 12.3. The summed E-state index contributed by atoms with van der Waals surface area (Å²) in [7, 11) is 2.94. The fraction of sp³-hybridized carbons (Fsp3) is 0.429. The van der Waals surface area contributed by atoms with Crippen molar-refractivity contribution in [3.05, 3.63) is 36.4 Å². The van der Waals surface area contributed by atoms with Crippen molar-refractivity contribution in [1.82, 2.24) is 0 Å². The van der Waals surface area contributed by atoms with Crippen LogP contribution in [0.4, 0.5) is 0 Å². The fourth-order valence-electron chi connectivity index (χ4n) is 3.56. The van der Waals surface area contributed by atoms with E-state index in [0.717, 1.165) is 29.2 Å². The number of hydrogen-bond acceptors (Lipinski definition) is 3. The van der Waals surface area contributed by atoms with Gasteiger partial charge in [-0.15, -0.1) is 0 Å². The Labute approximate surface area is 152 Å². The Bertz CT molecular complexity index is 742. The second kappa shape index (κ2) is 6.88. The largest absolute Gasteiger partial charge is 0.496 e. The second-order valence-corrected chi connectivity index (χ2v) is 10.3. The number of hydrogen-bond donors (Lipinski definition) is 0. The van der Waals surface area contributed by atoms with Gasteiger partial charge in [-0.05, 0) is 37.7 Å². The molecule has 1 aliphatic rings. The molecule has 1 heterocycles. The monoisotopic (exact) mass is 358 g/mol. The Hall–Kier alpha value is -1.73. The van der Waals surface area contributed by atoms with Crippen LogP contribution in [-0.2, 0) is 0 Å². The molecule has 0 radical (unpaired) electrons. The zero-order valence-corrected chi connectivity index (χ0v) is 16.8. The number of methoxy groups -OCH3 is 2. The summed E-state index contributed by atoms with van der Waals surface area (Å²) in [6.45, 7) is 9.16. The van der Waals surface area contributed by atoms with Crippen LogP contribution < -0.4 is 19.5 Å². The molecule has 0 bridgehead atoms. The van der Waals surface area contributed by atoms with Crippen molar-refractivity contribution < 1.29 is 14.2 Å². The molecule has 2 atom stereocenters. The number of ether oxygens (including phenoxy) is 3. The third-order valence-electron chi connectivity index (χ3n) is 4.56. The van der Waals surface area contributed by atoms with Gasteiger partial charge in [0.25, 0.3) is 0 Å². The molecule has 0 saturated heterocycles. The maximum atomic E-state index is 6.35. The quantitative estimate of drug-likeness (QED) is 0.685. The minimum absolute atomic E-state index is 0.159. The van der Waals surface area contributed by atoms with Crippen LogP contribution in [0.3, 0.4) is 0 Å². The van der Waals surface area contributed by atoms with Crippen LogP contribution in [0.2, 0.25) is 0 Å². The molecule has 4 heteroatoms. The lowest BCUT2D eigenvalue weighted by Gasteiger charge is -2.32.